The van der Waals surface area contributed by atoms with Crippen LogP contribution in [-0.2, 0) is 21.4 Å². The minimum absolute atomic E-state index is 0.0243. The van der Waals surface area contributed by atoms with Crippen molar-refractivity contribution in [1.82, 2.24) is 24.9 Å². The first-order valence-electron chi connectivity index (χ1n) is 7.86. The van der Waals surface area contributed by atoms with Crippen LogP contribution in [0.15, 0.2) is 58.2 Å². The molecule has 0 aliphatic carbocycles. The molecule has 0 unspecified atom stereocenters. The highest BCUT2D eigenvalue weighted by atomic mass is 79.9. The maximum Gasteiger partial charge on any atom is 0.490 e. The zero-order chi connectivity index (χ0) is 22.4. The Labute approximate surface area is 176 Å². The van der Waals surface area contributed by atoms with E-state index >= 15 is 0 Å². The van der Waals surface area contributed by atoms with E-state index in [4.69, 9.17) is 9.90 Å². The van der Waals surface area contributed by atoms with Crippen LogP contribution in [0.25, 0.3) is 11.4 Å². The van der Waals surface area contributed by atoms with Gasteiger partial charge in [0, 0.05) is 22.4 Å². The average Bonchev–Trinajstić information content (AvgIpc) is 3.16. The molecule has 9 nitrogen and oxygen atoms in total. The summed E-state index contributed by atoms with van der Waals surface area (Å²) in [6, 6.07) is 9.94. The van der Waals surface area contributed by atoms with Crippen molar-refractivity contribution >= 4 is 31.9 Å². The molecular weight excluding hydrogens is 495 g/mol. The van der Waals surface area contributed by atoms with Crippen LogP contribution in [0.3, 0.4) is 0 Å². The second-order valence-corrected chi connectivity index (χ2v) is 8.11. The second-order valence-electron chi connectivity index (χ2n) is 5.42. The number of H-pyrrole nitrogens is 1. The molecular formula is C16H13BrF3N5O4S. The zero-order valence-electron chi connectivity index (χ0n) is 14.8. The molecule has 0 bridgehead atoms. The molecule has 3 aromatic rings. The van der Waals surface area contributed by atoms with Crippen molar-refractivity contribution in [3.8, 4) is 11.4 Å². The number of aromatic amines is 1. The van der Waals surface area contributed by atoms with Crippen molar-refractivity contribution in [3.05, 3.63) is 59.1 Å². The Morgan fingerprint density at radius 2 is 1.70 bits per heavy atom. The lowest BCUT2D eigenvalue weighted by molar-refractivity contribution is -0.192. The number of carbonyl (C=O) groups is 1. The third kappa shape index (κ3) is 6.89. The summed E-state index contributed by atoms with van der Waals surface area (Å²) in [7, 11) is -3.60. The normalized spacial score (nSPS) is 11.5. The maximum absolute atomic E-state index is 12.2. The average molecular weight is 508 g/mol. The smallest absolute Gasteiger partial charge is 0.475 e. The number of nitrogens with one attached hydrogen (secondary N) is 2. The molecule has 3 rings (SSSR count). The molecule has 1 aromatic carbocycles. The summed E-state index contributed by atoms with van der Waals surface area (Å²) < 4.78 is 59.4. The largest absolute Gasteiger partial charge is 0.490 e. The van der Waals surface area contributed by atoms with E-state index in [1.165, 1.54) is 12.1 Å². The monoisotopic (exact) mass is 507 g/mol. The van der Waals surface area contributed by atoms with Crippen LogP contribution in [0.4, 0.5) is 13.2 Å². The highest BCUT2D eigenvalue weighted by molar-refractivity contribution is 9.10. The first kappa shape index (κ1) is 23.4. The molecule has 160 valence electrons. The highest BCUT2D eigenvalue weighted by Crippen LogP contribution is 2.16. The van der Waals surface area contributed by atoms with Gasteiger partial charge in [-0.25, -0.2) is 22.9 Å². The standard InChI is InChI=1S/C14H12BrN5O2S.C2HF3O2/c15-11-1-3-12(4-2-11)23(21,22)17-9-13-18-14(20-19-13)10-5-7-16-8-6-10;3-2(4,5)1(6)7/h1-8,17H,9H2,(H,18,19,20);(H,6,7). The van der Waals surface area contributed by atoms with E-state index < -0.39 is 22.2 Å². The Morgan fingerprint density at radius 1 is 1.13 bits per heavy atom. The van der Waals surface area contributed by atoms with Crippen LogP contribution in [-0.4, -0.2) is 45.8 Å². The Morgan fingerprint density at radius 3 is 2.23 bits per heavy atom. The fourth-order valence-electron chi connectivity index (χ4n) is 1.86. The lowest BCUT2D eigenvalue weighted by atomic mass is 10.2. The van der Waals surface area contributed by atoms with Crippen LogP contribution in [0.5, 0.6) is 0 Å². The van der Waals surface area contributed by atoms with Crippen molar-refractivity contribution in [3.63, 3.8) is 0 Å². The molecule has 0 saturated heterocycles. The van der Waals surface area contributed by atoms with E-state index in [2.05, 4.69) is 40.8 Å². The van der Waals surface area contributed by atoms with Crippen LogP contribution in [0, 0.1) is 0 Å². The Hall–Kier alpha value is -2.84. The number of carboxylic acids is 1. The van der Waals surface area contributed by atoms with Gasteiger partial charge < -0.3 is 5.11 Å². The van der Waals surface area contributed by atoms with Crippen LogP contribution in [0.2, 0.25) is 0 Å². The molecule has 3 N–H and O–H groups in total. The van der Waals surface area contributed by atoms with E-state index in [9.17, 15) is 21.6 Å². The minimum atomic E-state index is -5.08. The van der Waals surface area contributed by atoms with Crippen LogP contribution in [0.1, 0.15) is 5.82 Å². The molecule has 0 radical (unpaired) electrons. The predicted molar refractivity (Wildman–Crippen MR) is 101 cm³/mol. The fourth-order valence-corrected chi connectivity index (χ4v) is 3.12. The van der Waals surface area contributed by atoms with Crippen molar-refractivity contribution in [1.29, 1.82) is 0 Å². The molecule has 0 amide bonds. The minimum Gasteiger partial charge on any atom is -0.475 e. The highest BCUT2D eigenvalue weighted by Gasteiger charge is 2.38. The topological polar surface area (TPSA) is 138 Å². The van der Waals surface area contributed by atoms with Crippen LogP contribution >= 0.6 is 15.9 Å². The number of rotatable bonds is 5. The summed E-state index contributed by atoms with van der Waals surface area (Å²) in [5.74, 6) is -1.84. The van der Waals surface area contributed by atoms with E-state index in [-0.39, 0.29) is 11.4 Å². The number of sulfonamides is 1. The number of nitrogens with zero attached hydrogens (tertiary/aromatic N) is 3. The molecule has 0 fully saturated rings. The van der Waals surface area contributed by atoms with Crippen LogP contribution < -0.4 is 4.72 Å². The van der Waals surface area contributed by atoms with Crippen molar-refractivity contribution < 1.29 is 31.5 Å². The number of carboxylic acid groups (broad SMARTS) is 1. The molecule has 2 heterocycles. The molecule has 14 heteroatoms. The number of halogens is 4. The molecule has 0 atom stereocenters. The number of aliphatic carboxylic acids is 1. The Balaban J connectivity index is 0.000000396. The fraction of sp³-hybridized carbons (Fsp3) is 0.125. The van der Waals surface area contributed by atoms with E-state index in [0.717, 1.165) is 10.0 Å². The van der Waals surface area contributed by atoms with Gasteiger partial charge in [-0.15, -0.1) is 0 Å². The molecule has 0 aliphatic heterocycles. The van der Waals surface area contributed by atoms with E-state index in [0.29, 0.717) is 11.6 Å². The first-order chi connectivity index (χ1) is 14.0. The third-order valence-electron chi connectivity index (χ3n) is 3.27. The van der Waals surface area contributed by atoms with Gasteiger partial charge in [0.1, 0.15) is 5.82 Å². The number of alkyl halides is 3. The second kappa shape index (κ2) is 9.77. The SMILES string of the molecule is O=C(O)C(F)(F)F.O=S(=O)(NCc1nc(-c2ccncc2)n[nH]1)c1ccc(Br)cc1. The van der Waals surface area contributed by atoms with Crippen molar-refractivity contribution in [2.45, 2.75) is 17.6 Å². The van der Waals surface area contributed by atoms with Gasteiger partial charge in [0.05, 0.1) is 11.4 Å². The summed E-state index contributed by atoms with van der Waals surface area (Å²) in [6.45, 7) is 0.0243. The maximum atomic E-state index is 12.2. The molecule has 2 aromatic heterocycles. The summed E-state index contributed by atoms with van der Waals surface area (Å²) in [6.07, 6.45) is -1.80. The van der Waals surface area contributed by atoms with Gasteiger partial charge in [-0.05, 0) is 36.4 Å². The third-order valence-corrected chi connectivity index (χ3v) is 5.21. The van der Waals surface area contributed by atoms with Gasteiger partial charge in [-0.3, -0.25) is 10.1 Å². The van der Waals surface area contributed by atoms with Gasteiger partial charge >= 0.3 is 12.1 Å². The first-order valence-corrected chi connectivity index (χ1v) is 10.1. The van der Waals surface area contributed by atoms with Gasteiger partial charge in [0.2, 0.25) is 10.0 Å². The quantitative estimate of drug-likeness (QED) is 0.482. The predicted octanol–water partition coefficient (Wildman–Crippen LogP) is 2.74. The summed E-state index contributed by atoms with van der Waals surface area (Å²) >= 11 is 3.27. The summed E-state index contributed by atoms with van der Waals surface area (Å²) in [5, 5.41) is 13.9. The van der Waals surface area contributed by atoms with Gasteiger partial charge in [-0.1, -0.05) is 15.9 Å². The number of aromatic nitrogens is 4. The zero-order valence-corrected chi connectivity index (χ0v) is 17.2. The van der Waals surface area contributed by atoms with Crippen molar-refractivity contribution in [2.75, 3.05) is 0 Å². The van der Waals surface area contributed by atoms with Gasteiger partial charge in [-0.2, -0.15) is 18.3 Å². The van der Waals surface area contributed by atoms with E-state index in [1.54, 1.807) is 36.7 Å². The number of hydrogen-bond acceptors (Lipinski definition) is 6. The van der Waals surface area contributed by atoms with E-state index in [1.807, 2.05) is 0 Å². The lowest BCUT2D eigenvalue weighted by Gasteiger charge is -2.05. The Kier molecular flexibility index (Phi) is 7.64. The van der Waals surface area contributed by atoms with Gasteiger partial charge in [0.15, 0.2) is 5.82 Å². The number of hydrogen-bond donors (Lipinski definition) is 3. The summed E-state index contributed by atoms with van der Waals surface area (Å²) in [4.78, 5) is 17.3. The number of benzene rings is 1. The molecule has 30 heavy (non-hydrogen) atoms. The molecule has 0 saturated carbocycles. The molecule has 0 aliphatic rings. The Bertz CT molecular complexity index is 1090. The number of pyridine rings is 1. The van der Waals surface area contributed by atoms with Crippen molar-refractivity contribution in [2.24, 2.45) is 0 Å². The van der Waals surface area contributed by atoms with Gasteiger partial charge in [0.25, 0.3) is 0 Å². The molecule has 0 spiro atoms. The summed E-state index contributed by atoms with van der Waals surface area (Å²) in [5.41, 5.74) is 0.804. The lowest BCUT2D eigenvalue weighted by Crippen LogP contribution is -2.23.